The minimum absolute atomic E-state index is 0.157. The molecule has 0 unspecified atom stereocenters. The van der Waals surface area contributed by atoms with Crippen LogP contribution in [0.25, 0.3) is 6.08 Å². The van der Waals surface area contributed by atoms with Crippen molar-refractivity contribution >= 4 is 35.2 Å². The number of carbonyl (C=O) groups excluding carboxylic acids is 3. The van der Waals surface area contributed by atoms with Gasteiger partial charge in [-0.05, 0) is 29.8 Å². The molecule has 2 rings (SSSR count). The van der Waals surface area contributed by atoms with Gasteiger partial charge in [-0.15, -0.1) is 0 Å². The lowest BCUT2D eigenvalue weighted by atomic mass is 10.1. The van der Waals surface area contributed by atoms with Crippen LogP contribution in [0.3, 0.4) is 0 Å². The van der Waals surface area contributed by atoms with Crippen molar-refractivity contribution in [1.82, 2.24) is 4.90 Å². The molecule has 3 amide bonds. The fourth-order valence-electron chi connectivity index (χ4n) is 2.63. The van der Waals surface area contributed by atoms with Crippen molar-refractivity contribution in [3.63, 3.8) is 0 Å². The maximum Gasteiger partial charge on any atom is 0.255 e. The molecule has 2 N–H and O–H groups in total. The monoisotopic (exact) mass is 411 g/mol. The second-order valence-corrected chi connectivity index (χ2v) is 6.58. The molecule has 2 aromatic carbocycles. The first kappa shape index (κ1) is 22.5. The first-order valence-electron chi connectivity index (χ1n) is 9.09. The average Bonchev–Trinajstić information content (AvgIpc) is 2.71. The quantitative estimate of drug-likeness (QED) is 0.683. The van der Waals surface area contributed by atoms with Gasteiger partial charge in [0.15, 0.2) is 11.5 Å². The Labute approximate surface area is 175 Å². The number of nitrogens with zero attached hydrogens (tertiary/aromatic N) is 1. The highest BCUT2D eigenvalue weighted by molar-refractivity contribution is 6.08. The maximum absolute atomic E-state index is 12.5. The Balaban J connectivity index is 2.23. The molecule has 158 valence electrons. The van der Waals surface area contributed by atoms with E-state index in [1.807, 2.05) is 0 Å². The average molecular weight is 411 g/mol. The summed E-state index contributed by atoms with van der Waals surface area (Å²) in [6, 6.07) is 10.1. The molecule has 8 nitrogen and oxygen atoms in total. The number of amides is 3. The molecular weight excluding hydrogens is 386 g/mol. The predicted molar refractivity (Wildman–Crippen MR) is 116 cm³/mol. The van der Waals surface area contributed by atoms with Gasteiger partial charge in [0, 0.05) is 38.8 Å². The van der Waals surface area contributed by atoms with Crippen molar-refractivity contribution < 1.29 is 23.9 Å². The van der Waals surface area contributed by atoms with Gasteiger partial charge in [-0.25, -0.2) is 0 Å². The Morgan fingerprint density at radius 1 is 0.933 bits per heavy atom. The molecule has 0 spiro atoms. The lowest BCUT2D eigenvalue weighted by molar-refractivity contribution is -0.114. The Bertz CT molecular complexity index is 965. The van der Waals surface area contributed by atoms with Crippen molar-refractivity contribution in [2.45, 2.75) is 6.92 Å². The molecule has 0 aliphatic rings. The van der Waals surface area contributed by atoms with Crippen molar-refractivity contribution in [2.24, 2.45) is 0 Å². The van der Waals surface area contributed by atoms with E-state index in [1.54, 1.807) is 50.5 Å². The van der Waals surface area contributed by atoms with Gasteiger partial charge in [0.05, 0.1) is 25.5 Å². The van der Waals surface area contributed by atoms with Crippen molar-refractivity contribution in [2.75, 3.05) is 38.9 Å². The highest BCUT2D eigenvalue weighted by Gasteiger charge is 2.19. The van der Waals surface area contributed by atoms with Crippen LogP contribution in [0.1, 0.15) is 22.8 Å². The van der Waals surface area contributed by atoms with Crippen molar-refractivity contribution in [3.8, 4) is 11.5 Å². The number of ether oxygens (including phenoxy) is 2. The van der Waals surface area contributed by atoms with Gasteiger partial charge in [0.1, 0.15) is 0 Å². The summed E-state index contributed by atoms with van der Waals surface area (Å²) in [5.74, 6) is -0.0865. The van der Waals surface area contributed by atoms with Gasteiger partial charge >= 0.3 is 0 Å². The van der Waals surface area contributed by atoms with Gasteiger partial charge in [0.2, 0.25) is 11.8 Å². The molecule has 0 fully saturated rings. The van der Waals surface area contributed by atoms with Crippen LogP contribution in [0.15, 0.2) is 42.5 Å². The molecule has 8 heteroatoms. The summed E-state index contributed by atoms with van der Waals surface area (Å²) < 4.78 is 10.5. The normalized spacial score (nSPS) is 10.4. The van der Waals surface area contributed by atoms with Crippen molar-refractivity contribution in [1.29, 1.82) is 0 Å². The summed E-state index contributed by atoms with van der Waals surface area (Å²) in [7, 11) is 6.19. The van der Waals surface area contributed by atoms with Gasteiger partial charge < -0.3 is 25.0 Å². The van der Waals surface area contributed by atoms with Crippen LogP contribution in [0.4, 0.5) is 11.4 Å². The van der Waals surface area contributed by atoms with E-state index in [0.717, 1.165) is 5.56 Å². The summed E-state index contributed by atoms with van der Waals surface area (Å²) in [5, 5.41) is 5.39. The topological polar surface area (TPSA) is 97.0 Å². The Morgan fingerprint density at radius 2 is 1.53 bits per heavy atom. The number of nitrogens with one attached hydrogen (secondary N) is 2. The SMILES string of the molecule is COc1cc(NC(=O)/C=C/c2ccc(NC(C)=O)cc2)c(C(=O)N(C)C)cc1OC. The molecule has 30 heavy (non-hydrogen) atoms. The van der Waals surface area contributed by atoms with Gasteiger partial charge in [-0.3, -0.25) is 14.4 Å². The zero-order chi connectivity index (χ0) is 22.3. The van der Waals surface area contributed by atoms with E-state index in [4.69, 9.17) is 9.47 Å². The second kappa shape index (κ2) is 10.1. The highest BCUT2D eigenvalue weighted by atomic mass is 16.5. The summed E-state index contributed by atoms with van der Waals surface area (Å²) >= 11 is 0. The minimum atomic E-state index is -0.416. The summed E-state index contributed by atoms with van der Waals surface area (Å²) in [5.41, 5.74) is 2.03. The van der Waals surface area contributed by atoms with E-state index < -0.39 is 5.91 Å². The smallest absolute Gasteiger partial charge is 0.255 e. The first-order chi connectivity index (χ1) is 14.2. The van der Waals surface area contributed by atoms with Crippen LogP contribution in [-0.2, 0) is 9.59 Å². The van der Waals surface area contributed by atoms with E-state index >= 15 is 0 Å². The summed E-state index contributed by atoms with van der Waals surface area (Å²) in [6.07, 6.45) is 2.98. The largest absolute Gasteiger partial charge is 0.493 e. The molecule has 0 saturated carbocycles. The lowest BCUT2D eigenvalue weighted by Crippen LogP contribution is -2.24. The molecule has 2 aromatic rings. The van der Waals surface area contributed by atoms with E-state index in [2.05, 4.69) is 10.6 Å². The number of anilines is 2. The van der Waals surface area contributed by atoms with Gasteiger partial charge in [-0.1, -0.05) is 12.1 Å². The standard InChI is InChI=1S/C22H25N3O5/c1-14(26)23-16-9-6-15(7-10-16)8-11-21(27)24-18-13-20(30-5)19(29-4)12-17(18)22(28)25(2)3/h6-13H,1-5H3,(H,23,26)(H,24,27)/b11-8+. The van der Waals surface area contributed by atoms with Gasteiger partial charge in [0.25, 0.3) is 5.91 Å². The number of hydrogen-bond donors (Lipinski definition) is 2. The minimum Gasteiger partial charge on any atom is -0.493 e. The summed E-state index contributed by atoms with van der Waals surface area (Å²) in [6.45, 7) is 1.43. The fourth-order valence-corrected chi connectivity index (χ4v) is 2.63. The van der Waals surface area contributed by atoms with Crippen LogP contribution in [0, 0.1) is 0 Å². The van der Waals surface area contributed by atoms with E-state index in [0.29, 0.717) is 22.9 Å². The molecule has 0 aliphatic heterocycles. The molecule has 0 aliphatic carbocycles. The Morgan fingerprint density at radius 3 is 2.07 bits per heavy atom. The lowest BCUT2D eigenvalue weighted by Gasteiger charge is -2.17. The number of rotatable bonds is 7. The molecule has 0 saturated heterocycles. The van der Waals surface area contributed by atoms with E-state index in [-0.39, 0.29) is 17.4 Å². The van der Waals surface area contributed by atoms with E-state index in [9.17, 15) is 14.4 Å². The maximum atomic E-state index is 12.5. The Kier molecular flexibility index (Phi) is 7.57. The second-order valence-electron chi connectivity index (χ2n) is 6.58. The van der Waals surface area contributed by atoms with Crippen LogP contribution < -0.4 is 20.1 Å². The molecule has 0 atom stereocenters. The number of methoxy groups -OCH3 is 2. The van der Waals surface area contributed by atoms with Crippen LogP contribution in [0.2, 0.25) is 0 Å². The van der Waals surface area contributed by atoms with Crippen LogP contribution in [-0.4, -0.2) is 50.9 Å². The van der Waals surface area contributed by atoms with E-state index in [1.165, 1.54) is 38.2 Å². The third-order valence-corrected chi connectivity index (χ3v) is 4.08. The zero-order valence-electron chi connectivity index (χ0n) is 17.6. The number of carbonyl (C=O) groups is 3. The molecular formula is C22H25N3O5. The molecule has 0 bridgehead atoms. The third kappa shape index (κ3) is 5.84. The first-order valence-corrected chi connectivity index (χ1v) is 9.09. The molecule has 0 radical (unpaired) electrons. The zero-order valence-corrected chi connectivity index (χ0v) is 17.6. The molecule has 0 heterocycles. The highest BCUT2D eigenvalue weighted by Crippen LogP contribution is 2.34. The van der Waals surface area contributed by atoms with Crippen LogP contribution >= 0.6 is 0 Å². The number of benzene rings is 2. The predicted octanol–water partition coefficient (Wildman–Crippen LogP) is 3.02. The third-order valence-electron chi connectivity index (χ3n) is 4.08. The van der Waals surface area contributed by atoms with Crippen LogP contribution in [0.5, 0.6) is 11.5 Å². The molecule has 0 aromatic heterocycles. The Hall–Kier alpha value is -3.81. The fraction of sp³-hybridized carbons (Fsp3) is 0.227. The van der Waals surface area contributed by atoms with Crippen molar-refractivity contribution in [3.05, 3.63) is 53.6 Å². The summed E-state index contributed by atoms with van der Waals surface area (Å²) in [4.78, 5) is 37.5. The number of hydrogen-bond acceptors (Lipinski definition) is 5. The van der Waals surface area contributed by atoms with Gasteiger partial charge in [-0.2, -0.15) is 0 Å².